The number of furan rings is 1. The molecule has 0 saturated heterocycles. The van der Waals surface area contributed by atoms with E-state index in [0.717, 1.165) is 30.2 Å². The van der Waals surface area contributed by atoms with Crippen molar-refractivity contribution in [2.75, 3.05) is 7.11 Å². The molecule has 4 aromatic rings. The number of rotatable bonds is 6. The highest BCUT2D eigenvalue weighted by molar-refractivity contribution is 9.10. The van der Waals surface area contributed by atoms with Gasteiger partial charge in [0.15, 0.2) is 0 Å². The minimum Gasteiger partial charge on any atom is -0.496 e. The number of benzene rings is 2. The van der Waals surface area contributed by atoms with Gasteiger partial charge < -0.3 is 9.15 Å². The number of hydrogen-bond donors (Lipinski definition) is 0. The first-order valence-corrected chi connectivity index (χ1v) is 12.4. The Labute approximate surface area is 214 Å². The van der Waals surface area contributed by atoms with Crippen LogP contribution in [0.1, 0.15) is 49.6 Å². The number of nitro groups is 1. The molecular weight excluding hydrogens is 528 g/mol. The van der Waals surface area contributed by atoms with Gasteiger partial charge in [-0.2, -0.15) is 9.78 Å². The van der Waals surface area contributed by atoms with Crippen molar-refractivity contribution in [3.8, 4) is 17.1 Å². The molecule has 184 valence electrons. The minimum atomic E-state index is -0.482. The Morgan fingerprint density at radius 2 is 1.97 bits per heavy atom. The summed E-state index contributed by atoms with van der Waals surface area (Å²) in [5.41, 5.74) is 0.914. The molecule has 36 heavy (non-hydrogen) atoms. The summed E-state index contributed by atoms with van der Waals surface area (Å²) < 4.78 is 13.4. The van der Waals surface area contributed by atoms with E-state index in [1.54, 1.807) is 24.3 Å². The number of fused-ring (bicyclic) bond motifs is 1. The molecule has 0 bridgehead atoms. The summed E-state index contributed by atoms with van der Waals surface area (Å²) in [5, 5.41) is 16.1. The molecule has 0 radical (unpaired) electrons. The van der Waals surface area contributed by atoms with E-state index in [2.05, 4.69) is 21.0 Å². The lowest BCUT2D eigenvalue weighted by Crippen LogP contribution is -2.25. The van der Waals surface area contributed by atoms with E-state index in [1.807, 2.05) is 12.1 Å². The Morgan fingerprint density at radius 1 is 1.17 bits per heavy atom. The van der Waals surface area contributed by atoms with Gasteiger partial charge in [-0.1, -0.05) is 35.2 Å². The standard InChI is InChI=1S/C26H23BrN4O5/c1-35-24-14-18(31(33)34)8-10-20(24)23-12-9-19(36-23)15-28-30-25(16-5-3-2-4-6-16)29-22-11-7-17(27)13-21(22)26(30)32/h7-16H,2-6H2,1H3. The predicted molar refractivity (Wildman–Crippen MR) is 140 cm³/mol. The molecule has 0 N–H and O–H groups in total. The molecule has 2 aromatic heterocycles. The predicted octanol–water partition coefficient (Wildman–Crippen LogP) is 6.27. The van der Waals surface area contributed by atoms with Crippen LogP contribution in [0.5, 0.6) is 5.75 Å². The topological polar surface area (TPSA) is 113 Å². The fraction of sp³-hybridized carbons (Fsp3) is 0.269. The number of nitrogens with zero attached hydrogens (tertiary/aromatic N) is 4. The van der Waals surface area contributed by atoms with E-state index in [9.17, 15) is 14.9 Å². The van der Waals surface area contributed by atoms with Crippen LogP contribution in [0.25, 0.3) is 22.2 Å². The number of non-ortho nitro benzene ring substituents is 1. The Morgan fingerprint density at radius 3 is 2.72 bits per heavy atom. The van der Waals surface area contributed by atoms with E-state index in [0.29, 0.717) is 39.6 Å². The number of aromatic nitrogens is 2. The molecule has 0 amide bonds. The molecule has 0 unspecified atom stereocenters. The third kappa shape index (κ3) is 4.68. The molecule has 2 aromatic carbocycles. The third-order valence-corrected chi connectivity index (χ3v) is 6.89. The second-order valence-corrected chi connectivity index (χ2v) is 9.59. The monoisotopic (exact) mass is 550 g/mol. The third-order valence-electron chi connectivity index (χ3n) is 6.39. The normalized spacial score (nSPS) is 14.5. The van der Waals surface area contributed by atoms with Crippen LogP contribution in [0.15, 0.2) is 67.3 Å². The zero-order valence-corrected chi connectivity index (χ0v) is 21.1. The fourth-order valence-corrected chi connectivity index (χ4v) is 4.94. The number of halogens is 1. The SMILES string of the molecule is COc1cc([N+](=O)[O-])ccc1-c1ccc(C=Nn2c(C3CCCCC3)nc3ccc(Br)cc3c2=O)o1. The van der Waals surface area contributed by atoms with Crippen molar-refractivity contribution in [3.05, 3.63) is 85.1 Å². The van der Waals surface area contributed by atoms with Crippen molar-refractivity contribution in [1.29, 1.82) is 0 Å². The summed E-state index contributed by atoms with van der Waals surface area (Å²) in [5.74, 6) is 2.02. The summed E-state index contributed by atoms with van der Waals surface area (Å²) in [7, 11) is 1.44. The number of nitro benzene ring substituents is 1. The van der Waals surface area contributed by atoms with Crippen molar-refractivity contribution in [3.63, 3.8) is 0 Å². The highest BCUT2D eigenvalue weighted by Crippen LogP contribution is 2.34. The van der Waals surface area contributed by atoms with Gasteiger partial charge in [0.05, 0.1) is 40.8 Å². The van der Waals surface area contributed by atoms with Gasteiger partial charge in [-0.25, -0.2) is 4.98 Å². The van der Waals surface area contributed by atoms with E-state index in [1.165, 1.54) is 36.6 Å². The molecular formula is C26H23BrN4O5. The number of ether oxygens (including phenoxy) is 1. The van der Waals surface area contributed by atoms with Gasteiger partial charge in [0.1, 0.15) is 23.1 Å². The minimum absolute atomic E-state index is 0.0750. The maximum Gasteiger partial charge on any atom is 0.282 e. The van der Waals surface area contributed by atoms with Crippen molar-refractivity contribution in [2.24, 2.45) is 5.10 Å². The van der Waals surface area contributed by atoms with Gasteiger partial charge in [-0.05, 0) is 49.2 Å². The molecule has 2 heterocycles. The van der Waals surface area contributed by atoms with Crippen LogP contribution in [0.4, 0.5) is 5.69 Å². The molecule has 5 rings (SSSR count). The average molecular weight is 551 g/mol. The van der Waals surface area contributed by atoms with Crippen LogP contribution in [0.2, 0.25) is 0 Å². The summed E-state index contributed by atoms with van der Waals surface area (Å²) in [6.07, 6.45) is 6.80. The van der Waals surface area contributed by atoms with Gasteiger partial charge in [0.2, 0.25) is 0 Å². The van der Waals surface area contributed by atoms with Gasteiger partial charge in [0, 0.05) is 16.5 Å². The second-order valence-electron chi connectivity index (χ2n) is 8.67. The van der Waals surface area contributed by atoms with E-state index >= 15 is 0 Å². The fourth-order valence-electron chi connectivity index (χ4n) is 4.58. The molecule has 1 fully saturated rings. The largest absolute Gasteiger partial charge is 0.496 e. The highest BCUT2D eigenvalue weighted by Gasteiger charge is 2.23. The molecule has 1 saturated carbocycles. The van der Waals surface area contributed by atoms with E-state index in [-0.39, 0.29) is 17.2 Å². The first-order chi connectivity index (χ1) is 17.4. The summed E-state index contributed by atoms with van der Waals surface area (Å²) in [6, 6.07) is 13.2. The zero-order chi connectivity index (χ0) is 25.2. The summed E-state index contributed by atoms with van der Waals surface area (Å²) in [6.45, 7) is 0. The Bertz CT molecular complexity index is 1540. The first-order valence-electron chi connectivity index (χ1n) is 11.6. The van der Waals surface area contributed by atoms with Gasteiger partial charge in [0.25, 0.3) is 11.2 Å². The number of methoxy groups -OCH3 is 1. The first kappa shape index (κ1) is 23.9. The van der Waals surface area contributed by atoms with Crippen LogP contribution in [0.3, 0.4) is 0 Å². The molecule has 0 aliphatic heterocycles. The van der Waals surface area contributed by atoms with Crippen LogP contribution in [0, 0.1) is 10.1 Å². The van der Waals surface area contributed by atoms with E-state index < -0.39 is 4.92 Å². The second kappa shape index (κ2) is 10.1. The lowest BCUT2D eigenvalue weighted by molar-refractivity contribution is -0.384. The maximum atomic E-state index is 13.4. The van der Waals surface area contributed by atoms with Crippen LogP contribution >= 0.6 is 15.9 Å². The molecule has 0 atom stereocenters. The van der Waals surface area contributed by atoms with Gasteiger partial charge in [-0.3, -0.25) is 14.9 Å². The van der Waals surface area contributed by atoms with Crippen LogP contribution in [-0.4, -0.2) is 27.9 Å². The lowest BCUT2D eigenvalue weighted by Gasteiger charge is -2.22. The molecule has 1 aliphatic carbocycles. The highest BCUT2D eigenvalue weighted by atomic mass is 79.9. The average Bonchev–Trinajstić information content (AvgIpc) is 3.37. The van der Waals surface area contributed by atoms with Crippen molar-refractivity contribution in [2.45, 2.75) is 38.0 Å². The maximum absolute atomic E-state index is 13.4. The molecule has 0 spiro atoms. The summed E-state index contributed by atoms with van der Waals surface area (Å²) >= 11 is 3.43. The molecule has 9 nitrogen and oxygen atoms in total. The smallest absolute Gasteiger partial charge is 0.282 e. The Balaban J connectivity index is 1.53. The quantitative estimate of drug-likeness (QED) is 0.159. The van der Waals surface area contributed by atoms with Crippen molar-refractivity contribution >= 4 is 38.7 Å². The Kier molecular flexibility index (Phi) is 6.69. The zero-order valence-electron chi connectivity index (χ0n) is 19.5. The van der Waals surface area contributed by atoms with E-state index in [4.69, 9.17) is 14.1 Å². The van der Waals surface area contributed by atoms with Gasteiger partial charge >= 0.3 is 0 Å². The molecule has 1 aliphatic rings. The lowest BCUT2D eigenvalue weighted by atomic mass is 9.88. The summed E-state index contributed by atoms with van der Waals surface area (Å²) in [4.78, 5) is 28.9. The van der Waals surface area contributed by atoms with Crippen LogP contribution < -0.4 is 10.3 Å². The Hall–Kier alpha value is -3.79. The molecule has 10 heteroatoms. The number of hydrogen-bond acceptors (Lipinski definition) is 7. The van der Waals surface area contributed by atoms with Crippen molar-refractivity contribution in [1.82, 2.24) is 9.66 Å². The van der Waals surface area contributed by atoms with Gasteiger partial charge in [-0.15, -0.1) is 0 Å². The van der Waals surface area contributed by atoms with Crippen LogP contribution in [-0.2, 0) is 0 Å². The van der Waals surface area contributed by atoms with Crippen molar-refractivity contribution < 1.29 is 14.1 Å².